The van der Waals surface area contributed by atoms with Gasteiger partial charge >= 0.3 is 11.9 Å². The van der Waals surface area contributed by atoms with E-state index < -0.39 is 17.7 Å². The number of rotatable bonds is 2. The van der Waals surface area contributed by atoms with Crippen LogP contribution in [-0.4, -0.2) is 33.7 Å². The molecule has 0 N–H and O–H groups in total. The van der Waals surface area contributed by atoms with Crippen molar-refractivity contribution < 1.29 is 19.1 Å². The molecule has 2 fully saturated rings. The van der Waals surface area contributed by atoms with Crippen LogP contribution in [0.5, 0.6) is 0 Å². The molecule has 2 aliphatic carbocycles. The van der Waals surface area contributed by atoms with Crippen molar-refractivity contribution in [3.63, 3.8) is 0 Å². The number of benzene rings is 1. The van der Waals surface area contributed by atoms with Gasteiger partial charge in [-0.1, -0.05) is 25.3 Å². The zero-order valence-electron chi connectivity index (χ0n) is 19.6. The lowest BCUT2D eigenvalue weighted by Gasteiger charge is -2.40. The number of nitrogens with zero attached hydrogens (tertiary/aromatic N) is 2. The third kappa shape index (κ3) is 3.46. The molecule has 174 valence electrons. The number of aryl methyl sites for hydroxylation is 1. The summed E-state index contributed by atoms with van der Waals surface area (Å²) in [4.78, 5) is 27.2. The van der Waals surface area contributed by atoms with Gasteiger partial charge in [0.05, 0.1) is 6.04 Å². The lowest BCUT2D eigenvalue weighted by molar-refractivity contribution is -0.222. The van der Waals surface area contributed by atoms with E-state index in [-0.39, 0.29) is 11.6 Å². The van der Waals surface area contributed by atoms with Gasteiger partial charge in [0, 0.05) is 49.7 Å². The van der Waals surface area contributed by atoms with Gasteiger partial charge in [0.15, 0.2) is 5.57 Å². The molecule has 4 aliphatic rings. The van der Waals surface area contributed by atoms with Gasteiger partial charge in [-0.3, -0.25) is 0 Å². The van der Waals surface area contributed by atoms with Crippen LogP contribution in [-0.2, 0) is 32.0 Å². The Morgan fingerprint density at radius 1 is 0.970 bits per heavy atom. The first kappa shape index (κ1) is 20.8. The van der Waals surface area contributed by atoms with Crippen LogP contribution in [0, 0.1) is 0 Å². The lowest BCUT2D eigenvalue weighted by Crippen LogP contribution is -2.43. The van der Waals surface area contributed by atoms with Crippen LogP contribution in [0.25, 0.3) is 10.9 Å². The van der Waals surface area contributed by atoms with Crippen molar-refractivity contribution in [1.29, 1.82) is 0 Å². The predicted molar refractivity (Wildman–Crippen MR) is 124 cm³/mol. The summed E-state index contributed by atoms with van der Waals surface area (Å²) in [5, 5.41) is 1.41. The zero-order chi connectivity index (χ0) is 22.7. The second-order valence-corrected chi connectivity index (χ2v) is 10.5. The Morgan fingerprint density at radius 3 is 2.48 bits per heavy atom. The fraction of sp³-hybridized carbons (Fsp3) is 0.556. The van der Waals surface area contributed by atoms with Gasteiger partial charge in [-0.05, 0) is 61.3 Å². The summed E-state index contributed by atoms with van der Waals surface area (Å²) in [5.41, 5.74) is 5.63. The highest BCUT2D eigenvalue weighted by molar-refractivity contribution is 6.15. The molecule has 6 nitrogen and oxygen atoms in total. The first-order chi connectivity index (χ1) is 15.9. The zero-order valence-corrected chi connectivity index (χ0v) is 19.6. The van der Waals surface area contributed by atoms with E-state index >= 15 is 0 Å². The minimum Gasteiger partial charge on any atom is -0.419 e. The minimum absolute atomic E-state index is 0.00871. The number of carbonyl (C=O) groups excluding carboxylic acids is 2. The van der Waals surface area contributed by atoms with Crippen LogP contribution in [0.4, 0.5) is 0 Å². The standard InChI is InChI=1S/C27H32N2O4/c1-27(2)32-25(30)21(26(31)33-27)16-28-13-14-29-22-12-11-18(17-7-4-3-5-8-17)15-20(22)19-9-6-10-23(28)24(19)29/h11-12,15-17,23H,3-10,13-14H2,1-2H3/t23-/m1/s1. The number of esters is 2. The molecule has 0 bridgehead atoms. The summed E-state index contributed by atoms with van der Waals surface area (Å²) in [7, 11) is 0. The molecule has 6 rings (SSSR count). The van der Waals surface area contributed by atoms with Gasteiger partial charge in [0.2, 0.25) is 0 Å². The van der Waals surface area contributed by atoms with Crippen LogP contribution in [0.2, 0.25) is 0 Å². The molecule has 0 radical (unpaired) electrons. The van der Waals surface area contributed by atoms with Crippen molar-refractivity contribution in [1.82, 2.24) is 9.47 Å². The lowest BCUT2D eigenvalue weighted by atomic mass is 9.83. The molecule has 0 unspecified atom stereocenters. The molecule has 1 aromatic heterocycles. The Bertz CT molecular complexity index is 1150. The van der Waals surface area contributed by atoms with Crippen LogP contribution in [0.3, 0.4) is 0 Å². The molecule has 6 heteroatoms. The molecule has 1 aromatic carbocycles. The van der Waals surface area contributed by atoms with Crippen molar-refractivity contribution >= 4 is 22.8 Å². The summed E-state index contributed by atoms with van der Waals surface area (Å²) in [5.74, 6) is -1.72. The summed E-state index contributed by atoms with van der Waals surface area (Å²) >= 11 is 0. The number of hydrogen-bond donors (Lipinski definition) is 0. The Hall–Kier alpha value is -2.76. The Labute approximate surface area is 194 Å². The first-order valence-corrected chi connectivity index (χ1v) is 12.5. The first-order valence-electron chi connectivity index (χ1n) is 12.5. The van der Waals surface area contributed by atoms with Crippen LogP contribution in [0.15, 0.2) is 30.0 Å². The number of cyclic esters (lactones) is 2. The van der Waals surface area contributed by atoms with Gasteiger partial charge in [0.1, 0.15) is 0 Å². The van der Waals surface area contributed by atoms with Crippen molar-refractivity contribution in [3.05, 3.63) is 46.8 Å². The Kier molecular flexibility index (Phi) is 4.82. The normalized spacial score (nSPS) is 25.0. The summed E-state index contributed by atoms with van der Waals surface area (Å²) in [6.45, 7) is 4.74. The molecule has 2 aliphatic heterocycles. The third-order valence-corrected chi connectivity index (χ3v) is 7.93. The molecular weight excluding hydrogens is 416 g/mol. The van der Waals surface area contributed by atoms with E-state index in [1.54, 1.807) is 20.0 Å². The maximum absolute atomic E-state index is 12.5. The average Bonchev–Trinajstić information content (AvgIpc) is 3.12. The largest absolute Gasteiger partial charge is 0.419 e. The number of aromatic nitrogens is 1. The Balaban J connectivity index is 1.37. The number of hydrogen-bond acceptors (Lipinski definition) is 5. The molecule has 2 aromatic rings. The quantitative estimate of drug-likeness (QED) is 0.363. The fourth-order valence-electron chi connectivity index (χ4n) is 6.43. The molecule has 1 saturated heterocycles. The monoisotopic (exact) mass is 448 g/mol. The average molecular weight is 449 g/mol. The van der Waals surface area contributed by atoms with Gasteiger partial charge in [-0.2, -0.15) is 0 Å². The fourth-order valence-corrected chi connectivity index (χ4v) is 6.43. The van der Waals surface area contributed by atoms with Gasteiger partial charge in [-0.25, -0.2) is 9.59 Å². The van der Waals surface area contributed by atoms with E-state index in [4.69, 9.17) is 9.47 Å². The number of ether oxygens (including phenoxy) is 2. The number of fused-ring (bicyclic) bond motifs is 3. The molecule has 1 saturated carbocycles. The van der Waals surface area contributed by atoms with Gasteiger partial charge < -0.3 is 18.9 Å². The van der Waals surface area contributed by atoms with Crippen molar-refractivity contribution in [2.75, 3.05) is 6.54 Å². The van der Waals surface area contributed by atoms with Crippen LogP contribution >= 0.6 is 0 Å². The molecule has 0 spiro atoms. The maximum atomic E-state index is 12.5. The summed E-state index contributed by atoms with van der Waals surface area (Å²) in [6.07, 6.45) is 11.6. The van der Waals surface area contributed by atoms with E-state index in [9.17, 15) is 9.59 Å². The molecule has 33 heavy (non-hydrogen) atoms. The van der Waals surface area contributed by atoms with E-state index in [0.29, 0.717) is 5.92 Å². The molecular formula is C27H32N2O4. The van der Waals surface area contributed by atoms with Crippen molar-refractivity contribution in [3.8, 4) is 0 Å². The van der Waals surface area contributed by atoms with Gasteiger partial charge in [-0.15, -0.1) is 0 Å². The van der Waals surface area contributed by atoms with Crippen LogP contribution < -0.4 is 0 Å². The topological polar surface area (TPSA) is 60.8 Å². The maximum Gasteiger partial charge on any atom is 0.350 e. The highest BCUT2D eigenvalue weighted by Gasteiger charge is 2.41. The highest BCUT2D eigenvalue weighted by atomic mass is 16.7. The second-order valence-electron chi connectivity index (χ2n) is 10.5. The molecule has 3 heterocycles. The molecule has 1 atom stereocenters. The van der Waals surface area contributed by atoms with Crippen molar-refractivity contribution in [2.45, 2.75) is 89.5 Å². The van der Waals surface area contributed by atoms with E-state index in [2.05, 4.69) is 27.7 Å². The van der Waals surface area contributed by atoms with Gasteiger partial charge in [0.25, 0.3) is 5.79 Å². The second kappa shape index (κ2) is 7.64. The van der Waals surface area contributed by atoms with Crippen molar-refractivity contribution in [2.24, 2.45) is 0 Å². The summed E-state index contributed by atoms with van der Waals surface area (Å²) < 4.78 is 13.1. The minimum atomic E-state index is -1.21. The van der Waals surface area contributed by atoms with E-state index in [0.717, 1.165) is 32.4 Å². The Morgan fingerprint density at radius 2 is 1.73 bits per heavy atom. The summed E-state index contributed by atoms with van der Waals surface area (Å²) in [6, 6.07) is 7.32. The van der Waals surface area contributed by atoms with E-state index in [1.807, 2.05) is 0 Å². The number of carbonyl (C=O) groups is 2. The smallest absolute Gasteiger partial charge is 0.350 e. The van der Waals surface area contributed by atoms with Crippen LogP contribution in [0.1, 0.15) is 87.6 Å². The van der Waals surface area contributed by atoms with E-state index in [1.165, 1.54) is 59.8 Å². The SMILES string of the molecule is CC1(C)OC(=O)C(=CN2CCn3c4c(c5cc(C6CCCCC6)ccc53)CCC[C@H]42)C(=O)O1. The highest BCUT2D eigenvalue weighted by Crippen LogP contribution is 2.44. The third-order valence-electron chi connectivity index (χ3n) is 7.93. The predicted octanol–water partition coefficient (Wildman–Crippen LogP) is 5.10. The molecule has 0 amide bonds.